The van der Waals surface area contributed by atoms with E-state index in [-0.39, 0.29) is 17.9 Å². The Hall–Kier alpha value is -2.05. The van der Waals surface area contributed by atoms with Crippen LogP contribution < -0.4 is 21.1 Å². The Morgan fingerprint density at radius 1 is 1.47 bits per heavy atom. The molecular formula is C12H19N5O2. The molecule has 1 aromatic heterocycles. The number of anilines is 2. The van der Waals surface area contributed by atoms with E-state index in [2.05, 4.69) is 16.9 Å². The van der Waals surface area contributed by atoms with Gasteiger partial charge in [-0.1, -0.05) is 0 Å². The Balaban J connectivity index is 2.31. The number of rotatable bonds is 3. The van der Waals surface area contributed by atoms with Crippen molar-refractivity contribution in [3.63, 3.8) is 0 Å². The summed E-state index contributed by atoms with van der Waals surface area (Å²) in [5.74, 6) is 0.497. The lowest BCUT2D eigenvalue weighted by atomic mass is 9.93. The predicted molar refractivity (Wildman–Crippen MR) is 71.7 cm³/mol. The maximum Gasteiger partial charge on any atom is 0.242 e. The van der Waals surface area contributed by atoms with Crippen molar-refractivity contribution in [2.24, 2.45) is 11.7 Å². The van der Waals surface area contributed by atoms with Gasteiger partial charge in [-0.05, 0) is 19.8 Å². The van der Waals surface area contributed by atoms with Crippen LogP contribution in [0.5, 0.6) is 5.88 Å². The van der Waals surface area contributed by atoms with Crippen molar-refractivity contribution in [3.8, 4) is 5.88 Å². The Kier molecular flexibility index (Phi) is 3.73. The summed E-state index contributed by atoms with van der Waals surface area (Å²) in [6.07, 6.45) is 3.08. The summed E-state index contributed by atoms with van der Waals surface area (Å²) in [7, 11) is 1.51. The van der Waals surface area contributed by atoms with E-state index in [1.54, 1.807) is 0 Å². The lowest BCUT2D eigenvalue weighted by Gasteiger charge is -2.38. The van der Waals surface area contributed by atoms with Crippen molar-refractivity contribution in [2.45, 2.75) is 25.8 Å². The number of nitrogens with two attached hydrogens (primary N) is 2. The van der Waals surface area contributed by atoms with Gasteiger partial charge in [0.2, 0.25) is 11.8 Å². The molecule has 104 valence electrons. The van der Waals surface area contributed by atoms with Crippen LogP contribution in [0.2, 0.25) is 0 Å². The molecule has 4 N–H and O–H groups in total. The van der Waals surface area contributed by atoms with Gasteiger partial charge in [-0.2, -0.15) is 4.98 Å². The van der Waals surface area contributed by atoms with Gasteiger partial charge in [0.25, 0.3) is 0 Å². The average Bonchev–Trinajstić information content (AvgIpc) is 2.39. The minimum absolute atomic E-state index is 0.170. The fourth-order valence-electron chi connectivity index (χ4n) is 2.40. The molecule has 0 bridgehead atoms. The highest BCUT2D eigenvalue weighted by atomic mass is 16.5. The van der Waals surface area contributed by atoms with Crippen molar-refractivity contribution in [1.82, 2.24) is 9.97 Å². The Morgan fingerprint density at radius 3 is 2.84 bits per heavy atom. The summed E-state index contributed by atoms with van der Waals surface area (Å²) in [6, 6.07) is 0.248. The number of hydrogen-bond donors (Lipinski definition) is 2. The number of nitrogens with zero attached hydrogens (tertiary/aromatic N) is 3. The topological polar surface area (TPSA) is 107 Å². The molecule has 7 nitrogen and oxygen atoms in total. The number of methoxy groups -OCH3 is 1. The minimum atomic E-state index is -0.281. The van der Waals surface area contributed by atoms with E-state index in [0.29, 0.717) is 23.9 Å². The van der Waals surface area contributed by atoms with Crippen molar-refractivity contribution in [2.75, 3.05) is 24.3 Å². The summed E-state index contributed by atoms with van der Waals surface area (Å²) in [4.78, 5) is 21.5. The number of carbonyl (C=O) groups excluding carboxylic acids is 1. The number of carbonyl (C=O) groups is 1. The largest absolute Gasteiger partial charge is 0.479 e. The Morgan fingerprint density at radius 2 is 2.21 bits per heavy atom. The molecule has 1 aliphatic heterocycles. The molecular weight excluding hydrogens is 246 g/mol. The first kappa shape index (κ1) is 13.4. The molecule has 0 aromatic carbocycles. The predicted octanol–water partition coefficient (Wildman–Crippen LogP) is 0.158. The SMILES string of the molecule is COc1ncnc(N2CC(C(N)=O)CCC2C)c1N. The van der Waals surface area contributed by atoms with Crippen LogP contribution in [0.1, 0.15) is 19.8 Å². The van der Waals surface area contributed by atoms with Gasteiger partial charge in [0, 0.05) is 12.6 Å². The molecule has 1 aliphatic rings. The number of amides is 1. The van der Waals surface area contributed by atoms with Gasteiger partial charge in [-0.3, -0.25) is 4.79 Å². The molecule has 2 rings (SSSR count). The van der Waals surface area contributed by atoms with Gasteiger partial charge in [0.05, 0.1) is 13.0 Å². The normalized spacial score (nSPS) is 23.2. The molecule has 2 heterocycles. The molecule has 1 saturated heterocycles. The molecule has 1 aromatic rings. The third-order valence-corrected chi connectivity index (χ3v) is 3.58. The molecule has 0 radical (unpaired) electrons. The molecule has 2 atom stereocenters. The maximum atomic E-state index is 11.4. The van der Waals surface area contributed by atoms with Gasteiger partial charge < -0.3 is 21.1 Å². The summed E-state index contributed by atoms with van der Waals surface area (Å²) in [6.45, 7) is 2.60. The number of ether oxygens (including phenoxy) is 1. The lowest BCUT2D eigenvalue weighted by molar-refractivity contribution is -0.122. The van der Waals surface area contributed by atoms with E-state index in [1.165, 1.54) is 13.4 Å². The third kappa shape index (κ3) is 2.54. The fourth-order valence-corrected chi connectivity index (χ4v) is 2.40. The average molecular weight is 265 g/mol. The summed E-state index contributed by atoms with van der Waals surface area (Å²) in [5.41, 5.74) is 11.8. The monoisotopic (exact) mass is 265 g/mol. The second-order valence-electron chi connectivity index (χ2n) is 4.80. The molecule has 7 heteroatoms. The van der Waals surface area contributed by atoms with Crippen molar-refractivity contribution < 1.29 is 9.53 Å². The first-order valence-corrected chi connectivity index (χ1v) is 6.25. The first-order valence-electron chi connectivity index (χ1n) is 6.25. The molecule has 0 saturated carbocycles. The highest BCUT2D eigenvalue weighted by Gasteiger charge is 2.31. The molecule has 1 fully saturated rings. The van der Waals surface area contributed by atoms with Crippen molar-refractivity contribution >= 4 is 17.4 Å². The smallest absolute Gasteiger partial charge is 0.242 e. The zero-order valence-corrected chi connectivity index (χ0v) is 11.2. The third-order valence-electron chi connectivity index (χ3n) is 3.58. The highest BCUT2D eigenvalue weighted by Crippen LogP contribution is 2.33. The van der Waals surface area contributed by atoms with Gasteiger partial charge in [-0.15, -0.1) is 0 Å². The van der Waals surface area contributed by atoms with Crippen LogP contribution in [-0.2, 0) is 4.79 Å². The summed E-state index contributed by atoms with van der Waals surface area (Å²) < 4.78 is 5.09. The van der Waals surface area contributed by atoms with Gasteiger partial charge in [-0.25, -0.2) is 4.98 Å². The first-order chi connectivity index (χ1) is 9.04. The molecule has 0 spiro atoms. The van der Waals surface area contributed by atoms with Crippen LogP contribution in [0.15, 0.2) is 6.33 Å². The zero-order valence-electron chi connectivity index (χ0n) is 11.2. The van der Waals surface area contributed by atoms with Crippen LogP contribution in [0, 0.1) is 5.92 Å². The van der Waals surface area contributed by atoms with E-state index in [4.69, 9.17) is 16.2 Å². The number of piperidine rings is 1. The molecule has 2 unspecified atom stereocenters. The van der Waals surface area contributed by atoms with Crippen molar-refractivity contribution in [3.05, 3.63) is 6.33 Å². The van der Waals surface area contributed by atoms with E-state index < -0.39 is 0 Å². The van der Waals surface area contributed by atoms with E-state index in [1.807, 2.05) is 4.90 Å². The van der Waals surface area contributed by atoms with Crippen LogP contribution in [0.25, 0.3) is 0 Å². The quantitative estimate of drug-likeness (QED) is 0.806. The number of aromatic nitrogens is 2. The maximum absolute atomic E-state index is 11.4. The van der Waals surface area contributed by atoms with Crippen LogP contribution in [0.3, 0.4) is 0 Å². The van der Waals surface area contributed by atoms with Crippen LogP contribution in [-0.4, -0.2) is 35.6 Å². The zero-order chi connectivity index (χ0) is 14.0. The number of primary amides is 1. The Labute approximate surface area is 111 Å². The van der Waals surface area contributed by atoms with Crippen LogP contribution >= 0.6 is 0 Å². The Bertz CT molecular complexity index is 479. The summed E-state index contributed by atoms with van der Waals surface area (Å²) >= 11 is 0. The lowest BCUT2D eigenvalue weighted by Crippen LogP contribution is -2.46. The standard InChI is InChI=1S/C12H19N5O2/c1-7-3-4-8(10(14)18)5-17(7)11-9(13)12(19-2)16-6-15-11/h6-8H,3-5,13H2,1-2H3,(H2,14,18). The summed E-state index contributed by atoms with van der Waals surface area (Å²) in [5, 5.41) is 0. The second-order valence-corrected chi connectivity index (χ2v) is 4.80. The van der Waals surface area contributed by atoms with E-state index in [9.17, 15) is 4.79 Å². The van der Waals surface area contributed by atoms with E-state index in [0.717, 1.165) is 12.8 Å². The van der Waals surface area contributed by atoms with Gasteiger partial charge >= 0.3 is 0 Å². The molecule has 1 amide bonds. The van der Waals surface area contributed by atoms with Crippen LogP contribution in [0.4, 0.5) is 11.5 Å². The van der Waals surface area contributed by atoms with Gasteiger partial charge in [0.1, 0.15) is 12.0 Å². The van der Waals surface area contributed by atoms with E-state index >= 15 is 0 Å². The number of nitrogen functional groups attached to an aromatic ring is 1. The highest BCUT2D eigenvalue weighted by molar-refractivity contribution is 5.78. The van der Waals surface area contributed by atoms with Crippen molar-refractivity contribution in [1.29, 1.82) is 0 Å². The molecule has 19 heavy (non-hydrogen) atoms. The fraction of sp³-hybridized carbons (Fsp3) is 0.583. The number of hydrogen-bond acceptors (Lipinski definition) is 6. The molecule has 0 aliphatic carbocycles. The second kappa shape index (κ2) is 5.29. The van der Waals surface area contributed by atoms with Gasteiger partial charge in [0.15, 0.2) is 5.82 Å². The minimum Gasteiger partial charge on any atom is -0.479 e.